The Morgan fingerprint density at radius 1 is 1.06 bits per heavy atom. The minimum absolute atomic E-state index is 0.456. The van der Waals surface area contributed by atoms with Crippen molar-refractivity contribution in [2.45, 2.75) is 10.8 Å². The van der Waals surface area contributed by atoms with Crippen LogP contribution in [0.1, 0.15) is 22.6 Å². The zero-order valence-corrected chi connectivity index (χ0v) is 9.42. The summed E-state index contributed by atoms with van der Waals surface area (Å²) in [5, 5.41) is 0. The minimum atomic E-state index is 0.456. The molecule has 1 atom stereocenters. The average molecular weight is 221 g/mol. The van der Waals surface area contributed by atoms with Crippen LogP contribution in [0.15, 0.2) is 52.3 Å². The van der Waals surface area contributed by atoms with E-state index in [9.17, 15) is 0 Å². The first kappa shape index (κ1) is 8.66. The fourth-order valence-corrected chi connectivity index (χ4v) is 3.79. The van der Waals surface area contributed by atoms with Crippen molar-refractivity contribution in [3.63, 3.8) is 0 Å². The monoisotopic (exact) mass is 221 g/mol. The Balaban J connectivity index is 1.98. The van der Waals surface area contributed by atoms with Gasteiger partial charge in [-0.15, -0.1) is 0 Å². The van der Waals surface area contributed by atoms with Crippen LogP contribution < -0.4 is 0 Å². The van der Waals surface area contributed by atoms with E-state index in [-0.39, 0.29) is 0 Å². The molecule has 1 unspecified atom stereocenters. The fraction of sp³-hybridized carbons (Fsp3) is 0.0667. The van der Waals surface area contributed by atoms with Crippen LogP contribution in [0.4, 0.5) is 0 Å². The lowest BCUT2D eigenvalue weighted by molar-refractivity contribution is 1.02. The molecule has 0 fully saturated rings. The molecule has 0 amide bonds. The molecule has 1 heterocycles. The second kappa shape index (κ2) is 3.02. The molecule has 0 saturated carbocycles. The number of benzene rings is 2. The van der Waals surface area contributed by atoms with Gasteiger partial charge in [0.2, 0.25) is 0 Å². The van der Waals surface area contributed by atoms with Gasteiger partial charge in [-0.05, 0) is 34.9 Å². The van der Waals surface area contributed by atoms with Crippen LogP contribution in [0, 0.1) is 6.07 Å². The standard InChI is InChI=1S/C15H9S/c1-2-6-11-10(5-1)9-14-15(11)12-7-3-4-8-13(12)16-14/h1-6,8-9,15H. The van der Waals surface area contributed by atoms with Gasteiger partial charge in [0.1, 0.15) is 0 Å². The largest absolute Gasteiger partial charge is 0.0932 e. The van der Waals surface area contributed by atoms with Crippen LogP contribution in [0.5, 0.6) is 0 Å². The zero-order valence-electron chi connectivity index (χ0n) is 8.60. The van der Waals surface area contributed by atoms with Gasteiger partial charge in [0.05, 0.1) is 0 Å². The molecule has 0 bridgehead atoms. The van der Waals surface area contributed by atoms with Gasteiger partial charge in [-0.1, -0.05) is 48.2 Å². The quantitative estimate of drug-likeness (QED) is 0.646. The summed E-state index contributed by atoms with van der Waals surface area (Å²) in [6, 6.07) is 18.3. The Morgan fingerprint density at radius 3 is 3.00 bits per heavy atom. The number of fused-ring (bicyclic) bond motifs is 5. The molecule has 1 heteroatoms. The fourth-order valence-electron chi connectivity index (χ4n) is 2.56. The number of hydrogen-bond donors (Lipinski definition) is 0. The molecule has 1 radical (unpaired) electrons. The Bertz CT molecular complexity index is 610. The normalized spacial score (nSPS) is 20.0. The van der Waals surface area contributed by atoms with E-state index in [1.807, 2.05) is 17.8 Å². The van der Waals surface area contributed by atoms with Crippen LogP contribution in [-0.4, -0.2) is 0 Å². The summed E-state index contributed by atoms with van der Waals surface area (Å²) in [6.45, 7) is 0. The van der Waals surface area contributed by atoms with Gasteiger partial charge in [-0.25, -0.2) is 0 Å². The van der Waals surface area contributed by atoms with Crippen molar-refractivity contribution in [2.75, 3.05) is 0 Å². The molecular weight excluding hydrogens is 212 g/mol. The van der Waals surface area contributed by atoms with E-state index < -0.39 is 0 Å². The third kappa shape index (κ3) is 1.01. The molecule has 0 saturated heterocycles. The van der Waals surface area contributed by atoms with Crippen molar-refractivity contribution in [3.05, 3.63) is 70.1 Å². The molecule has 0 N–H and O–H groups in total. The summed E-state index contributed by atoms with van der Waals surface area (Å²) in [6.07, 6.45) is 2.32. The van der Waals surface area contributed by atoms with Crippen molar-refractivity contribution in [3.8, 4) is 0 Å². The number of allylic oxidation sites excluding steroid dienone is 1. The smallest absolute Gasteiger partial charge is 0.0426 e. The molecule has 75 valence electrons. The summed E-state index contributed by atoms with van der Waals surface area (Å²) in [5.74, 6) is 0.456. The minimum Gasteiger partial charge on any atom is -0.0932 e. The summed E-state index contributed by atoms with van der Waals surface area (Å²) in [5.41, 5.74) is 4.16. The molecule has 16 heavy (non-hydrogen) atoms. The maximum atomic E-state index is 3.40. The number of rotatable bonds is 0. The number of thioether (sulfide) groups is 1. The molecule has 1 aliphatic carbocycles. The highest BCUT2D eigenvalue weighted by molar-refractivity contribution is 8.03. The first-order valence-electron chi connectivity index (χ1n) is 5.42. The van der Waals surface area contributed by atoms with Crippen molar-refractivity contribution < 1.29 is 0 Å². The van der Waals surface area contributed by atoms with Gasteiger partial charge >= 0.3 is 0 Å². The van der Waals surface area contributed by atoms with Crippen LogP contribution in [-0.2, 0) is 0 Å². The molecular formula is C15H9S. The van der Waals surface area contributed by atoms with E-state index >= 15 is 0 Å². The van der Waals surface area contributed by atoms with Crippen LogP contribution in [0.2, 0.25) is 0 Å². The maximum Gasteiger partial charge on any atom is 0.0426 e. The SMILES string of the molecule is [c]1cccc2c1C1C(=Cc3ccccc31)S2. The van der Waals surface area contributed by atoms with Gasteiger partial charge in [-0.2, -0.15) is 0 Å². The lowest BCUT2D eigenvalue weighted by atomic mass is 9.93. The topological polar surface area (TPSA) is 0 Å². The average Bonchev–Trinajstić information content (AvgIpc) is 2.83. The molecule has 0 spiro atoms. The lowest BCUT2D eigenvalue weighted by Gasteiger charge is -2.08. The Hall–Kier alpha value is -1.47. The third-order valence-corrected chi connectivity index (χ3v) is 4.42. The van der Waals surface area contributed by atoms with Crippen molar-refractivity contribution in [1.29, 1.82) is 0 Å². The van der Waals surface area contributed by atoms with Crippen molar-refractivity contribution in [1.82, 2.24) is 0 Å². The van der Waals surface area contributed by atoms with E-state index in [2.05, 4.69) is 48.5 Å². The molecule has 2 aromatic carbocycles. The lowest BCUT2D eigenvalue weighted by Crippen LogP contribution is -1.94. The van der Waals surface area contributed by atoms with Crippen LogP contribution >= 0.6 is 11.8 Å². The maximum absolute atomic E-state index is 3.40. The van der Waals surface area contributed by atoms with Gasteiger partial charge in [0, 0.05) is 15.7 Å². The van der Waals surface area contributed by atoms with E-state index in [0.29, 0.717) is 5.92 Å². The van der Waals surface area contributed by atoms with E-state index in [0.717, 1.165) is 0 Å². The Labute approximate surface area is 99.0 Å². The van der Waals surface area contributed by atoms with Gasteiger partial charge in [-0.3, -0.25) is 0 Å². The Morgan fingerprint density at radius 2 is 2.00 bits per heavy atom. The first-order chi connectivity index (χ1) is 7.93. The predicted octanol–water partition coefficient (Wildman–Crippen LogP) is 4.08. The van der Waals surface area contributed by atoms with Gasteiger partial charge < -0.3 is 0 Å². The second-order valence-electron chi connectivity index (χ2n) is 4.16. The Kier molecular flexibility index (Phi) is 1.63. The van der Waals surface area contributed by atoms with Gasteiger partial charge in [0.15, 0.2) is 0 Å². The predicted molar refractivity (Wildman–Crippen MR) is 67.4 cm³/mol. The van der Waals surface area contributed by atoms with Crippen molar-refractivity contribution in [2.24, 2.45) is 0 Å². The van der Waals surface area contributed by atoms with E-state index in [1.165, 1.54) is 26.5 Å². The molecule has 4 rings (SSSR count). The molecule has 2 aliphatic rings. The molecule has 0 aromatic heterocycles. The summed E-state index contributed by atoms with van der Waals surface area (Å²) in [4.78, 5) is 2.83. The first-order valence-corrected chi connectivity index (χ1v) is 6.24. The summed E-state index contributed by atoms with van der Waals surface area (Å²) in [7, 11) is 0. The van der Waals surface area contributed by atoms with Crippen LogP contribution in [0.3, 0.4) is 0 Å². The third-order valence-electron chi connectivity index (χ3n) is 3.25. The second-order valence-corrected chi connectivity index (χ2v) is 5.27. The molecule has 0 nitrogen and oxygen atoms in total. The summed E-state index contributed by atoms with van der Waals surface area (Å²) >= 11 is 1.89. The van der Waals surface area contributed by atoms with Crippen LogP contribution in [0.25, 0.3) is 6.08 Å². The highest BCUT2D eigenvalue weighted by Gasteiger charge is 2.34. The highest BCUT2D eigenvalue weighted by atomic mass is 32.2. The van der Waals surface area contributed by atoms with E-state index in [1.54, 1.807) is 0 Å². The van der Waals surface area contributed by atoms with Crippen molar-refractivity contribution >= 4 is 17.8 Å². The summed E-state index contributed by atoms with van der Waals surface area (Å²) < 4.78 is 0. The van der Waals surface area contributed by atoms with E-state index in [4.69, 9.17) is 0 Å². The molecule has 2 aromatic rings. The zero-order chi connectivity index (χ0) is 10.5. The number of hydrogen-bond acceptors (Lipinski definition) is 1. The molecule has 1 aliphatic heterocycles. The highest BCUT2D eigenvalue weighted by Crippen LogP contribution is 2.55. The van der Waals surface area contributed by atoms with Gasteiger partial charge in [0.25, 0.3) is 0 Å².